The van der Waals surface area contributed by atoms with Crippen LogP contribution in [0.1, 0.15) is 11.3 Å². The second-order valence-corrected chi connectivity index (χ2v) is 3.84. The van der Waals surface area contributed by atoms with Gasteiger partial charge in [0.15, 0.2) is 0 Å². The molecule has 0 aliphatic heterocycles. The van der Waals surface area contributed by atoms with Gasteiger partial charge in [-0.25, -0.2) is 4.39 Å². The fraction of sp³-hybridized carbons (Fsp3) is 0.0909. The van der Waals surface area contributed by atoms with Crippen molar-refractivity contribution in [1.82, 2.24) is 9.55 Å². The number of aromatic nitrogens is 2. The minimum absolute atomic E-state index is 0.328. The second-order valence-electron chi connectivity index (χ2n) is 3.40. The van der Waals surface area contributed by atoms with Crippen LogP contribution in [0.2, 0.25) is 0 Å². The van der Waals surface area contributed by atoms with Crippen molar-refractivity contribution in [3.05, 3.63) is 53.9 Å². The molecule has 0 saturated heterocycles. The van der Waals surface area contributed by atoms with E-state index >= 15 is 0 Å². The Bertz CT molecular complexity index is 521. The molecule has 0 spiro atoms. The van der Waals surface area contributed by atoms with Crippen molar-refractivity contribution in [2.45, 2.75) is 6.54 Å². The SMILES string of the molecule is NC(=S)c1cccn1Cc1cncc(F)c1. The van der Waals surface area contributed by atoms with E-state index in [1.807, 2.05) is 22.9 Å². The predicted molar refractivity (Wildman–Crippen MR) is 63.6 cm³/mol. The van der Waals surface area contributed by atoms with Crippen molar-refractivity contribution >= 4 is 17.2 Å². The zero-order chi connectivity index (χ0) is 11.5. The molecule has 2 N–H and O–H groups in total. The molecular weight excluding hydrogens is 225 g/mol. The summed E-state index contributed by atoms with van der Waals surface area (Å²) in [6, 6.07) is 5.12. The van der Waals surface area contributed by atoms with Gasteiger partial charge in [0.25, 0.3) is 0 Å². The van der Waals surface area contributed by atoms with E-state index in [-0.39, 0.29) is 5.82 Å². The standard InChI is InChI=1S/C11H10FN3S/c12-9-4-8(5-14-6-9)7-15-3-1-2-10(15)11(13)16/h1-6H,7H2,(H2,13,16). The first-order valence-corrected chi connectivity index (χ1v) is 5.12. The van der Waals surface area contributed by atoms with Crippen LogP contribution in [0.3, 0.4) is 0 Å². The summed E-state index contributed by atoms with van der Waals surface area (Å²) >= 11 is 4.91. The van der Waals surface area contributed by atoms with Gasteiger partial charge in [-0.05, 0) is 23.8 Å². The monoisotopic (exact) mass is 235 g/mol. The summed E-state index contributed by atoms with van der Waals surface area (Å²) in [5, 5.41) is 0. The van der Waals surface area contributed by atoms with Crippen molar-refractivity contribution < 1.29 is 4.39 Å². The summed E-state index contributed by atoms with van der Waals surface area (Å²) in [6.07, 6.45) is 4.64. The highest BCUT2D eigenvalue weighted by atomic mass is 32.1. The maximum Gasteiger partial charge on any atom is 0.141 e. The molecule has 2 rings (SSSR count). The maximum atomic E-state index is 12.9. The van der Waals surface area contributed by atoms with Crippen LogP contribution in [0, 0.1) is 5.82 Å². The van der Waals surface area contributed by atoms with E-state index in [0.717, 1.165) is 11.3 Å². The minimum Gasteiger partial charge on any atom is -0.388 e. The summed E-state index contributed by atoms with van der Waals surface area (Å²) in [7, 11) is 0. The minimum atomic E-state index is -0.346. The summed E-state index contributed by atoms with van der Waals surface area (Å²) in [4.78, 5) is 4.11. The number of nitrogens with zero attached hydrogens (tertiary/aromatic N) is 2. The molecule has 0 unspecified atom stereocenters. The second kappa shape index (κ2) is 4.40. The molecule has 5 heteroatoms. The van der Waals surface area contributed by atoms with Gasteiger partial charge in [-0.1, -0.05) is 12.2 Å². The van der Waals surface area contributed by atoms with Crippen LogP contribution >= 0.6 is 12.2 Å². The number of pyridine rings is 1. The van der Waals surface area contributed by atoms with Crippen LogP contribution in [0.15, 0.2) is 36.8 Å². The molecule has 3 nitrogen and oxygen atoms in total. The van der Waals surface area contributed by atoms with E-state index in [1.165, 1.54) is 12.3 Å². The van der Waals surface area contributed by atoms with Gasteiger partial charge in [-0.3, -0.25) is 4.98 Å². The van der Waals surface area contributed by atoms with Gasteiger partial charge in [-0.2, -0.15) is 0 Å². The normalized spacial score (nSPS) is 10.3. The molecular formula is C11H10FN3S. The quantitative estimate of drug-likeness (QED) is 0.824. The van der Waals surface area contributed by atoms with Crippen LogP contribution in [0.25, 0.3) is 0 Å². The summed E-state index contributed by atoms with van der Waals surface area (Å²) in [6.45, 7) is 0.504. The van der Waals surface area contributed by atoms with E-state index in [9.17, 15) is 4.39 Å². The van der Waals surface area contributed by atoms with Crippen molar-refractivity contribution in [3.8, 4) is 0 Å². The molecule has 0 aliphatic rings. The zero-order valence-electron chi connectivity index (χ0n) is 8.43. The highest BCUT2D eigenvalue weighted by Gasteiger charge is 2.04. The number of nitrogens with two attached hydrogens (primary N) is 1. The topological polar surface area (TPSA) is 43.8 Å². The van der Waals surface area contributed by atoms with Crippen LogP contribution < -0.4 is 5.73 Å². The summed E-state index contributed by atoms with van der Waals surface area (Å²) in [5.41, 5.74) is 7.10. The highest BCUT2D eigenvalue weighted by molar-refractivity contribution is 7.80. The molecule has 2 aromatic rings. The van der Waals surface area contributed by atoms with Crippen molar-refractivity contribution in [2.75, 3.05) is 0 Å². The summed E-state index contributed by atoms with van der Waals surface area (Å²) in [5.74, 6) is -0.346. The van der Waals surface area contributed by atoms with Crippen LogP contribution in [-0.4, -0.2) is 14.5 Å². The number of rotatable bonds is 3. The third kappa shape index (κ3) is 2.25. The molecule has 0 saturated carbocycles. The molecule has 16 heavy (non-hydrogen) atoms. The fourth-order valence-electron chi connectivity index (χ4n) is 1.51. The van der Waals surface area contributed by atoms with Crippen molar-refractivity contribution in [1.29, 1.82) is 0 Å². The Labute approximate surface area is 97.7 Å². The first-order chi connectivity index (χ1) is 7.66. The van der Waals surface area contributed by atoms with Crippen LogP contribution in [0.5, 0.6) is 0 Å². The van der Waals surface area contributed by atoms with Gasteiger partial charge in [0.1, 0.15) is 10.8 Å². The lowest BCUT2D eigenvalue weighted by atomic mass is 10.3. The lowest BCUT2D eigenvalue weighted by molar-refractivity contribution is 0.616. The van der Waals surface area contributed by atoms with Gasteiger partial charge < -0.3 is 10.3 Å². The Morgan fingerprint density at radius 1 is 1.50 bits per heavy atom. The molecule has 82 valence electrons. The van der Waals surface area contributed by atoms with E-state index < -0.39 is 0 Å². The molecule has 2 heterocycles. The number of thiocarbonyl (C=S) groups is 1. The van der Waals surface area contributed by atoms with E-state index in [1.54, 1.807) is 6.20 Å². The lowest BCUT2D eigenvalue weighted by Crippen LogP contribution is -2.15. The highest BCUT2D eigenvalue weighted by Crippen LogP contribution is 2.08. The van der Waals surface area contributed by atoms with Crippen molar-refractivity contribution in [2.24, 2.45) is 5.73 Å². The first-order valence-electron chi connectivity index (χ1n) is 4.71. The lowest BCUT2D eigenvalue weighted by Gasteiger charge is -2.07. The Balaban J connectivity index is 2.27. The zero-order valence-corrected chi connectivity index (χ0v) is 9.25. The Morgan fingerprint density at radius 3 is 3.00 bits per heavy atom. The van der Waals surface area contributed by atoms with Gasteiger partial charge in [-0.15, -0.1) is 0 Å². The average Bonchev–Trinajstić information content (AvgIpc) is 2.66. The third-order valence-electron chi connectivity index (χ3n) is 2.20. The number of hydrogen-bond donors (Lipinski definition) is 1. The average molecular weight is 235 g/mol. The molecule has 0 bridgehead atoms. The first kappa shape index (κ1) is 10.8. The van der Waals surface area contributed by atoms with Crippen LogP contribution in [-0.2, 0) is 6.54 Å². The smallest absolute Gasteiger partial charge is 0.141 e. The molecule has 0 atom stereocenters. The van der Waals surface area contributed by atoms with Gasteiger partial charge >= 0.3 is 0 Å². The van der Waals surface area contributed by atoms with Gasteiger partial charge in [0, 0.05) is 18.9 Å². The Hall–Kier alpha value is -1.75. The molecule has 0 aromatic carbocycles. The third-order valence-corrected chi connectivity index (χ3v) is 2.41. The van der Waals surface area contributed by atoms with Crippen LogP contribution in [0.4, 0.5) is 4.39 Å². The molecule has 0 aliphatic carbocycles. The Morgan fingerprint density at radius 2 is 2.31 bits per heavy atom. The van der Waals surface area contributed by atoms with E-state index in [2.05, 4.69) is 4.98 Å². The molecule has 0 amide bonds. The number of halogens is 1. The largest absolute Gasteiger partial charge is 0.388 e. The molecule has 0 radical (unpaired) electrons. The number of hydrogen-bond acceptors (Lipinski definition) is 2. The maximum absolute atomic E-state index is 12.9. The van der Waals surface area contributed by atoms with E-state index in [0.29, 0.717) is 11.5 Å². The predicted octanol–water partition coefficient (Wildman–Crippen LogP) is 1.70. The van der Waals surface area contributed by atoms with E-state index in [4.69, 9.17) is 18.0 Å². The van der Waals surface area contributed by atoms with Gasteiger partial charge in [0.2, 0.25) is 0 Å². The Kier molecular flexibility index (Phi) is 2.96. The fourth-order valence-corrected chi connectivity index (χ4v) is 1.70. The summed E-state index contributed by atoms with van der Waals surface area (Å²) < 4.78 is 14.8. The van der Waals surface area contributed by atoms with Crippen molar-refractivity contribution in [3.63, 3.8) is 0 Å². The molecule has 0 fully saturated rings. The molecule has 2 aromatic heterocycles. The van der Waals surface area contributed by atoms with Gasteiger partial charge in [0.05, 0.1) is 11.9 Å².